The lowest BCUT2D eigenvalue weighted by atomic mass is 9.98. The minimum atomic E-state index is -0.379. The molecule has 19 heavy (non-hydrogen) atoms. The first-order valence-corrected chi connectivity index (χ1v) is 6.78. The highest BCUT2D eigenvalue weighted by Crippen LogP contribution is 2.38. The first-order chi connectivity index (χ1) is 9.24. The SMILES string of the molecule is O=C1Sc2ccc3cc4ccccc4cc3c2C1=O. The summed E-state index contributed by atoms with van der Waals surface area (Å²) in [6.45, 7) is 0. The van der Waals surface area contributed by atoms with Gasteiger partial charge in [-0.05, 0) is 51.5 Å². The summed E-state index contributed by atoms with van der Waals surface area (Å²) in [5, 5.41) is 3.72. The van der Waals surface area contributed by atoms with Crippen LogP contribution in [0.15, 0.2) is 53.4 Å². The number of carbonyl (C=O) groups is 2. The maximum absolute atomic E-state index is 12.0. The fraction of sp³-hybridized carbons (Fsp3) is 0. The van der Waals surface area contributed by atoms with Crippen LogP contribution in [0.5, 0.6) is 0 Å². The van der Waals surface area contributed by atoms with Crippen molar-refractivity contribution in [1.82, 2.24) is 0 Å². The van der Waals surface area contributed by atoms with Crippen molar-refractivity contribution >= 4 is 44.2 Å². The smallest absolute Gasteiger partial charge is 0.264 e. The highest BCUT2D eigenvalue weighted by Gasteiger charge is 2.31. The number of Topliss-reactive ketones (excluding diaryl/α,β-unsaturated/α-hetero) is 1. The molecule has 0 saturated heterocycles. The quantitative estimate of drug-likeness (QED) is 0.457. The maximum atomic E-state index is 12.0. The van der Waals surface area contributed by atoms with Crippen molar-refractivity contribution in [2.45, 2.75) is 4.90 Å². The summed E-state index contributed by atoms with van der Waals surface area (Å²) in [5.41, 5.74) is 0.568. The summed E-state index contributed by atoms with van der Waals surface area (Å²) in [5.74, 6) is -0.374. The number of fused-ring (bicyclic) bond motifs is 4. The molecule has 4 rings (SSSR count). The molecule has 3 aromatic rings. The van der Waals surface area contributed by atoms with E-state index in [0.717, 1.165) is 38.2 Å². The van der Waals surface area contributed by atoms with Crippen molar-refractivity contribution < 1.29 is 9.59 Å². The molecule has 3 heteroatoms. The molecule has 0 aliphatic carbocycles. The van der Waals surface area contributed by atoms with Gasteiger partial charge in [-0.1, -0.05) is 30.3 Å². The molecule has 0 saturated carbocycles. The molecule has 1 aliphatic rings. The van der Waals surface area contributed by atoms with E-state index in [9.17, 15) is 9.59 Å². The van der Waals surface area contributed by atoms with Gasteiger partial charge in [0.2, 0.25) is 5.78 Å². The van der Waals surface area contributed by atoms with Gasteiger partial charge in [-0.2, -0.15) is 0 Å². The Balaban J connectivity index is 2.18. The van der Waals surface area contributed by atoms with E-state index in [-0.39, 0.29) is 10.9 Å². The predicted octanol–water partition coefficient (Wildman–Crippen LogP) is 3.81. The van der Waals surface area contributed by atoms with E-state index in [0.29, 0.717) is 5.56 Å². The molecule has 90 valence electrons. The summed E-state index contributed by atoms with van der Waals surface area (Å²) < 4.78 is 0. The fourth-order valence-corrected chi connectivity index (χ4v) is 3.40. The largest absolute Gasteiger partial charge is 0.284 e. The Morgan fingerprint density at radius 1 is 0.789 bits per heavy atom. The van der Waals surface area contributed by atoms with Gasteiger partial charge in [0.15, 0.2) is 0 Å². The summed E-state index contributed by atoms with van der Waals surface area (Å²) in [7, 11) is 0. The van der Waals surface area contributed by atoms with E-state index in [2.05, 4.69) is 6.07 Å². The third-order valence-corrected chi connectivity index (χ3v) is 4.39. The second kappa shape index (κ2) is 3.68. The third kappa shape index (κ3) is 1.45. The Kier molecular flexibility index (Phi) is 2.09. The van der Waals surface area contributed by atoms with Crippen molar-refractivity contribution in [2.24, 2.45) is 0 Å². The molecule has 0 aromatic heterocycles. The van der Waals surface area contributed by atoms with Gasteiger partial charge >= 0.3 is 0 Å². The Labute approximate surface area is 113 Å². The molecule has 0 atom stereocenters. The van der Waals surface area contributed by atoms with Gasteiger partial charge in [0, 0.05) is 10.5 Å². The number of carbonyl (C=O) groups excluding carboxylic acids is 2. The summed E-state index contributed by atoms with van der Waals surface area (Å²) in [4.78, 5) is 24.3. The number of rotatable bonds is 0. The Hall–Kier alpha value is -2.13. The number of hydrogen-bond donors (Lipinski definition) is 0. The highest BCUT2D eigenvalue weighted by molar-refractivity contribution is 8.16. The molecular formula is C16H8O2S. The second-order valence-corrected chi connectivity index (χ2v) is 5.59. The van der Waals surface area contributed by atoms with E-state index in [1.165, 1.54) is 0 Å². The fourth-order valence-electron chi connectivity index (χ4n) is 2.56. The Morgan fingerprint density at radius 2 is 1.53 bits per heavy atom. The second-order valence-electron chi connectivity index (χ2n) is 4.58. The van der Waals surface area contributed by atoms with Crippen LogP contribution in [0.4, 0.5) is 0 Å². The number of benzene rings is 3. The van der Waals surface area contributed by atoms with Gasteiger partial charge < -0.3 is 0 Å². The zero-order chi connectivity index (χ0) is 13.0. The third-order valence-electron chi connectivity index (χ3n) is 3.46. The van der Waals surface area contributed by atoms with Gasteiger partial charge in [0.05, 0.1) is 0 Å². The zero-order valence-electron chi connectivity index (χ0n) is 9.84. The van der Waals surface area contributed by atoms with Crippen molar-refractivity contribution in [2.75, 3.05) is 0 Å². The van der Waals surface area contributed by atoms with Crippen LogP contribution in [0, 0.1) is 0 Å². The molecule has 0 radical (unpaired) electrons. The van der Waals surface area contributed by atoms with Gasteiger partial charge in [-0.15, -0.1) is 0 Å². The van der Waals surface area contributed by atoms with Gasteiger partial charge in [-0.25, -0.2) is 0 Å². The molecule has 0 spiro atoms. The van der Waals surface area contributed by atoms with E-state index in [1.807, 2.05) is 42.5 Å². The maximum Gasteiger partial charge on any atom is 0.264 e. The van der Waals surface area contributed by atoms with Crippen LogP contribution in [-0.2, 0) is 4.79 Å². The van der Waals surface area contributed by atoms with Gasteiger partial charge in [0.1, 0.15) is 0 Å². The molecular weight excluding hydrogens is 256 g/mol. The lowest BCUT2D eigenvalue weighted by Crippen LogP contribution is -2.03. The van der Waals surface area contributed by atoms with Gasteiger partial charge in [0.25, 0.3) is 5.12 Å². The normalized spacial score (nSPS) is 14.3. The summed E-state index contributed by atoms with van der Waals surface area (Å²) in [6, 6.07) is 15.9. The lowest BCUT2D eigenvalue weighted by Gasteiger charge is -2.05. The standard InChI is InChI=1S/C16H8O2S/c17-15-14-12-8-10-4-2-1-3-9(10)7-11(12)5-6-13(14)19-16(15)18/h1-8H. The monoisotopic (exact) mass is 264 g/mol. The summed E-state index contributed by atoms with van der Waals surface area (Å²) >= 11 is 1.03. The van der Waals surface area contributed by atoms with Crippen LogP contribution in [0.2, 0.25) is 0 Å². The molecule has 0 fully saturated rings. The van der Waals surface area contributed by atoms with E-state index in [4.69, 9.17) is 0 Å². The summed E-state index contributed by atoms with van der Waals surface area (Å²) in [6.07, 6.45) is 0. The minimum absolute atomic E-state index is 0.374. The molecule has 0 unspecified atom stereocenters. The van der Waals surface area contributed by atoms with Crippen LogP contribution in [0.25, 0.3) is 21.5 Å². The molecule has 2 nitrogen and oxygen atoms in total. The molecule has 0 amide bonds. The van der Waals surface area contributed by atoms with Crippen LogP contribution in [-0.4, -0.2) is 10.9 Å². The van der Waals surface area contributed by atoms with Crippen molar-refractivity contribution in [3.05, 3.63) is 54.1 Å². The topological polar surface area (TPSA) is 34.1 Å². The minimum Gasteiger partial charge on any atom is -0.284 e. The zero-order valence-corrected chi connectivity index (χ0v) is 10.7. The van der Waals surface area contributed by atoms with E-state index in [1.54, 1.807) is 0 Å². The first-order valence-electron chi connectivity index (χ1n) is 5.96. The average molecular weight is 264 g/mol. The molecule has 0 bridgehead atoms. The molecule has 3 aromatic carbocycles. The van der Waals surface area contributed by atoms with Gasteiger partial charge in [-0.3, -0.25) is 9.59 Å². The van der Waals surface area contributed by atoms with Crippen LogP contribution in [0.1, 0.15) is 10.4 Å². The predicted molar refractivity (Wildman–Crippen MR) is 76.6 cm³/mol. The Morgan fingerprint density at radius 3 is 2.32 bits per heavy atom. The Bertz CT molecular complexity index is 880. The van der Waals surface area contributed by atoms with Crippen LogP contribution >= 0.6 is 11.8 Å². The van der Waals surface area contributed by atoms with Crippen LogP contribution in [0.3, 0.4) is 0 Å². The number of thioether (sulfide) groups is 1. The molecule has 0 N–H and O–H groups in total. The van der Waals surface area contributed by atoms with Crippen LogP contribution < -0.4 is 0 Å². The first kappa shape index (κ1) is 10.8. The van der Waals surface area contributed by atoms with E-state index < -0.39 is 0 Å². The van der Waals surface area contributed by atoms with Crippen molar-refractivity contribution in [3.8, 4) is 0 Å². The highest BCUT2D eigenvalue weighted by atomic mass is 32.2. The van der Waals surface area contributed by atoms with Crippen molar-refractivity contribution in [1.29, 1.82) is 0 Å². The molecule has 1 heterocycles. The number of hydrogen-bond acceptors (Lipinski definition) is 3. The lowest BCUT2D eigenvalue weighted by molar-refractivity contribution is -0.107. The average Bonchev–Trinajstić information content (AvgIpc) is 2.72. The molecule has 1 aliphatic heterocycles. The number of ketones is 1. The van der Waals surface area contributed by atoms with Crippen molar-refractivity contribution in [3.63, 3.8) is 0 Å². The van der Waals surface area contributed by atoms with E-state index >= 15 is 0 Å².